The van der Waals surface area contributed by atoms with Crippen molar-refractivity contribution in [1.82, 2.24) is 9.62 Å². The summed E-state index contributed by atoms with van der Waals surface area (Å²) < 4.78 is 31.8. The van der Waals surface area contributed by atoms with Gasteiger partial charge in [-0.3, -0.25) is 4.90 Å². The van der Waals surface area contributed by atoms with Crippen LogP contribution in [0.25, 0.3) is 0 Å². The van der Waals surface area contributed by atoms with Gasteiger partial charge in [0.15, 0.2) is 0 Å². The van der Waals surface area contributed by atoms with Crippen LogP contribution < -0.4 is 9.46 Å². The fraction of sp³-hybridized carbons (Fsp3) is 0.684. The average molecular weight is 369 g/mol. The highest BCUT2D eigenvalue weighted by Crippen LogP contribution is 2.14. The van der Waals surface area contributed by atoms with Crippen molar-refractivity contribution in [3.05, 3.63) is 29.8 Å². The highest BCUT2D eigenvalue weighted by Gasteiger charge is 2.14. The minimum atomic E-state index is -3.15. The standard InChI is InChI=1S/C19H32N2O3S/c1-17(2)25(22,23)20-12-6-7-18-8-10-19(11-9-18)24-16-15-21-13-4-3-5-14-21/h8-11,17,20H,3-7,12-16H2,1-2H3. The second-order valence-corrected chi connectivity index (χ2v) is 9.31. The molecule has 142 valence electrons. The summed E-state index contributed by atoms with van der Waals surface area (Å²) in [6.07, 6.45) is 5.62. The van der Waals surface area contributed by atoms with E-state index < -0.39 is 10.0 Å². The highest BCUT2D eigenvalue weighted by atomic mass is 32.2. The summed E-state index contributed by atoms with van der Waals surface area (Å²) in [6.45, 7) is 7.98. The smallest absolute Gasteiger partial charge is 0.213 e. The Morgan fingerprint density at radius 2 is 1.80 bits per heavy atom. The fourth-order valence-electron chi connectivity index (χ4n) is 2.90. The largest absolute Gasteiger partial charge is 0.492 e. The molecule has 6 heteroatoms. The topological polar surface area (TPSA) is 58.6 Å². The maximum Gasteiger partial charge on any atom is 0.213 e. The molecule has 1 aliphatic rings. The lowest BCUT2D eigenvalue weighted by atomic mass is 10.1. The molecule has 5 nitrogen and oxygen atoms in total. The fourth-order valence-corrected chi connectivity index (χ4v) is 3.66. The summed E-state index contributed by atoms with van der Waals surface area (Å²) in [7, 11) is -3.15. The molecule has 25 heavy (non-hydrogen) atoms. The number of hydrogen-bond acceptors (Lipinski definition) is 4. The van der Waals surface area contributed by atoms with Crippen molar-refractivity contribution in [2.75, 3.05) is 32.8 Å². The predicted octanol–water partition coefficient (Wildman–Crippen LogP) is 2.81. The Balaban J connectivity index is 1.64. The van der Waals surface area contributed by atoms with Crippen LogP contribution in [0, 0.1) is 0 Å². The van der Waals surface area contributed by atoms with Crippen LogP contribution in [0.4, 0.5) is 0 Å². The summed E-state index contributed by atoms with van der Waals surface area (Å²) in [4.78, 5) is 2.47. The molecule has 0 unspecified atom stereocenters. The summed E-state index contributed by atoms with van der Waals surface area (Å²) in [5, 5.41) is -0.381. The maximum atomic E-state index is 11.7. The summed E-state index contributed by atoms with van der Waals surface area (Å²) in [5.41, 5.74) is 1.20. The van der Waals surface area contributed by atoms with E-state index in [1.165, 1.54) is 37.9 Å². The summed E-state index contributed by atoms with van der Waals surface area (Å²) in [6, 6.07) is 8.13. The van der Waals surface area contributed by atoms with Crippen LogP contribution in [0.1, 0.15) is 45.1 Å². The molecule has 0 spiro atoms. The quantitative estimate of drug-likeness (QED) is 0.645. The average Bonchev–Trinajstić information content (AvgIpc) is 2.61. The molecular formula is C19H32N2O3S. The second-order valence-electron chi connectivity index (χ2n) is 6.99. The zero-order valence-corrected chi connectivity index (χ0v) is 16.4. The van der Waals surface area contributed by atoms with Crippen LogP contribution >= 0.6 is 0 Å². The number of nitrogens with zero attached hydrogens (tertiary/aromatic N) is 1. The molecule has 0 atom stereocenters. The maximum absolute atomic E-state index is 11.7. The lowest BCUT2D eigenvalue weighted by molar-refractivity contribution is 0.183. The number of rotatable bonds is 10. The third kappa shape index (κ3) is 7.34. The van der Waals surface area contributed by atoms with E-state index in [0.717, 1.165) is 31.7 Å². The monoisotopic (exact) mass is 368 g/mol. The zero-order chi connectivity index (χ0) is 18.1. The number of piperidine rings is 1. The Kier molecular flexibility index (Phi) is 8.19. The van der Waals surface area contributed by atoms with Gasteiger partial charge in [0.1, 0.15) is 12.4 Å². The van der Waals surface area contributed by atoms with Gasteiger partial charge in [-0.1, -0.05) is 18.6 Å². The lowest BCUT2D eigenvalue weighted by Gasteiger charge is -2.26. The third-order valence-corrected chi connectivity index (χ3v) is 6.46. The van der Waals surface area contributed by atoms with E-state index in [9.17, 15) is 8.42 Å². The normalized spacial score (nSPS) is 16.3. The van der Waals surface area contributed by atoms with Gasteiger partial charge in [-0.2, -0.15) is 0 Å². The molecule has 0 saturated carbocycles. The zero-order valence-electron chi connectivity index (χ0n) is 15.5. The van der Waals surface area contributed by atoms with Crippen molar-refractivity contribution in [1.29, 1.82) is 0 Å². The van der Waals surface area contributed by atoms with Crippen molar-refractivity contribution in [2.45, 2.75) is 51.2 Å². The van der Waals surface area contributed by atoms with Gasteiger partial charge >= 0.3 is 0 Å². The molecular weight excluding hydrogens is 336 g/mol. The number of sulfonamides is 1. The molecule has 0 aliphatic carbocycles. The van der Waals surface area contributed by atoms with Gasteiger partial charge in [0.25, 0.3) is 0 Å². The van der Waals surface area contributed by atoms with E-state index in [1.54, 1.807) is 13.8 Å². The van der Waals surface area contributed by atoms with Crippen molar-refractivity contribution in [3.63, 3.8) is 0 Å². The first-order chi connectivity index (χ1) is 12.0. The van der Waals surface area contributed by atoms with Crippen molar-refractivity contribution in [3.8, 4) is 5.75 Å². The first-order valence-corrected chi connectivity index (χ1v) is 10.9. The SMILES string of the molecule is CC(C)S(=O)(=O)NCCCc1ccc(OCCN2CCCCC2)cc1. The molecule has 1 aromatic rings. The number of aryl methyl sites for hydroxylation is 1. The molecule has 0 radical (unpaired) electrons. The van der Waals surface area contributed by atoms with Crippen LogP contribution in [0.5, 0.6) is 5.75 Å². The van der Waals surface area contributed by atoms with Crippen LogP contribution in [0.3, 0.4) is 0 Å². The first kappa shape index (κ1) is 20.2. The van der Waals surface area contributed by atoms with E-state index in [0.29, 0.717) is 6.54 Å². The Morgan fingerprint density at radius 3 is 2.44 bits per heavy atom. The van der Waals surface area contributed by atoms with Gasteiger partial charge in [-0.25, -0.2) is 13.1 Å². The van der Waals surface area contributed by atoms with E-state index >= 15 is 0 Å². The molecule has 1 aromatic carbocycles. The first-order valence-electron chi connectivity index (χ1n) is 9.40. The van der Waals surface area contributed by atoms with E-state index in [1.807, 2.05) is 12.1 Å². The molecule has 0 amide bonds. The van der Waals surface area contributed by atoms with Crippen molar-refractivity contribution >= 4 is 10.0 Å². The van der Waals surface area contributed by atoms with Crippen molar-refractivity contribution in [2.24, 2.45) is 0 Å². The molecule has 0 aromatic heterocycles. The Hall–Kier alpha value is -1.11. The number of nitrogens with one attached hydrogen (secondary N) is 1. The minimum Gasteiger partial charge on any atom is -0.492 e. The van der Waals surface area contributed by atoms with Gasteiger partial charge in [-0.15, -0.1) is 0 Å². The molecule has 0 bridgehead atoms. The van der Waals surface area contributed by atoms with Crippen LogP contribution in [0.2, 0.25) is 0 Å². The minimum absolute atomic E-state index is 0.381. The lowest BCUT2D eigenvalue weighted by Crippen LogP contribution is -2.33. The summed E-state index contributed by atoms with van der Waals surface area (Å²) >= 11 is 0. The molecule has 1 heterocycles. The molecule has 2 rings (SSSR count). The van der Waals surface area contributed by atoms with Gasteiger partial charge in [0, 0.05) is 13.1 Å². The third-order valence-electron chi connectivity index (χ3n) is 4.61. The van der Waals surface area contributed by atoms with E-state index in [-0.39, 0.29) is 5.25 Å². The van der Waals surface area contributed by atoms with E-state index in [2.05, 4.69) is 21.8 Å². The van der Waals surface area contributed by atoms with Crippen molar-refractivity contribution < 1.29 is 13.2 Å². The Bertz CT molecular complexity index is 594. The van der Waals surface area contributed by atoms with E-state index in [4.69, 9.17) is 4.74 Å². The second kappa shape index (κ2) is 10.1. The number of benzene rings is 1. The molecule has 1 aliphatic heterocycles. The number of hydrogen-bond donors (Lipinski definition) is 1. The van der Waals surface area contributed by atoms with Crippen LogP contribution in [-0.4, -0.2) is 51.4 Å². The molecule has 1 saturated heterocycles. The Labute approximate surface area is 152 Å². The van der Waals surface area contributed by atoms with Gasteiger partial charge < -0.3 is 4.74 Å². The Morgan fingerprint density at radius 1 is 1.12 bits per heavy atom. The number of ether oxygens (including phenoxy) is 1. The number of likely N-dealkylation sites (tertiary alicyclic amines) is 1. The predicted molar refractivity (Wildman–Crippen MR) is 103 cm³/mol. The van der Waals surface area contributed by atoms with Gasteiger partial charge in [-0.05, 0) is 70.3 Å². The van der Waals surface area contributed by atoms with Crippen LogP contribution in [0.15, 0.2) is 24.3 Å². The molecule has 1 N–H and O–H groups in total. The van der Waals surface area contributed by atoms with Gasteiger partial charge in [0.2, 0.25) is 10.0 Å². The summed E-state index contributed by atoms with van der Waals surface area (Å²) in [5.74, 6) is 0.904. The van der Waals surface area contributed by atoms with Gasteiger partial charge in [0.05, 0.1) is 5.25 Å². The van der Waals surface area contributed by atoms with Crippen LogP contribution in [-0.2, 0) is 16.4 Å². The highest BCUT2D eigenvalue weighted by molar-refractivity contribution is 7.90. The molecule has 1 fully saturated rings.